The Balaban J connectivity index is 1.92. The van der Waals surface area contributed by atoms with E-state index in [1.807, 2.05) is 12.4 Å². The zero-order chi connectivity index (χ0) is 11.4. The van der Waals surface area contributed by atoms with Gasteiger partial charge < -0.3 is 0 Å². The van der Waals surface area contributed by atoms with E-state index in [2.05, 4.69) is 57.1 Å². The van der Waals surface area contributed by atoms with E-state index in [0.29, 0.717) is 0 Å². The summed E-state index contributed by atoms with van der Waals surface area (Å²) in [6.45, 7) is 1.94. The van der Waals surface area contributed by atoms with Crippen molar-refractivity contribution in [1.82, 2.24) is 9.88 Å². The van der Waals surface area contributed by atoms with Crippen molar-refractivity contribution >= 4 is 27.3 Å². The molecular weight excluding hydrogens is 284 g/mol. The second-order valence-corrected chi connectivity index (χ2v) is 6.28. The first-order chi connectivity index (χ1) is 7.74. The Morgan fingerprint density at radius 2 is 1.94 bits per heavy atom. The zero-order valence-corrected chi connectivity index (χ0v) is 11.5. The van der Waals surface area contributed by atoms with Gasteiger partial charge in [-0.3, -0.25) is 9.88 Å². The normalized spacial score (nSPS) is 10.9. The molecule has 2 nitrogen and oxygen atoms in total. The van der Waals surface area contributed by atoms with Gasteiger partial charge in [0, 0.05) is 30.4 Å². The molecule has 2 rings (SSSR count). The predicted octanol–water partition coefficient (Wildman–Crippen LogP) is 3.54. The summed E-state index contributed by atoms with van der Waals surface area (Å²) in [6, 6.07) is 8.37. The van der Waals surface area contributed by atoms with Crippen LogP contribution in [0.25, 0.3) is 0 Å². The summed E-state index contributed by atoms with van der Waals surface area (Å²) in [4.78, 5) is 7.69. The summed E-state index contributed by atoms with van der Waals surface area (Å²) in [5, 5.41) is 0. The van der Waals surface area contributed by atoms with E-state index >= 15 is 0 Å². The first kappa shape index (κ1) is 11.8. The van der Waals surface area contributed by atoms with Crippen LogP contribution in [-0.4, -0.2) is 16.9 Å². The summed E-state index contributed by atoms with van der Waals surface area (Å²) in [6.07, 6.45) is 3.68. The lowest BCUT2D eigenvalue weighted by Gasteiger charge is -2.15. The minimum atomic E-state index is 0.956. The van der Waals surface area contributed by atoms with Crippen LogP contribution in [0.3, 0.4) is 0 Å². The summed E-state index contributed by atoms with van der Waals surface area (Å²) in [7, 11) is 2.13. The molecule has 0 aromatic carbocycles. The van der Waals surface area contributed by atoms with E-state index in [-0.39, 0.29) is 0 Å². The van der Waals surface area contributed by atoms with E-state index in [4.69, 9.17) is 0 Å². The van der Waals surface area contributed by atoms with Crippen molar-refractivity contribution in [2.75, 3.05) is 7.05 Å². The van der Waals surface area contributed by atoms with Gasteiger partial charge in [0.2, 0.25) is 0 Å². The molecule has 84 valence electrons. The standard InChI is InChI=1S/C12H13BrN2S/c1-15(8-10-4-6-14-7-5-10)9-11-2-3-12(13)16-11/h2-7H,8-9H2,1H3. The highest BCUT2D eigenvalue weighted by atomic mass is 79.9. The highest BCUT2D eigenvalue weighted by Crippen LogP contribution is 2.23. The Kier molecular flexibility index (Phi) is 4.09. The fraction of sp³-hybridized carbons (Fsp3) is 0.250. The molecule has 0 N–H and O–H groups in total. The van der Waals surface area contributed by atoms with Crippen molar-refractivity contribution in [2.45, 2.75) is 13.1 Å². The summed E-state index contributed by atoms with van der Waals surface area (Å²) in [5.74, 6) is 0. The van der Waals surface area contributed by atoms with Gasteiger partial charge in [-0.2, -0.15) is 0 Å². The first-order valence-electron chi connectivity index (χ1n) is 5.06. The van der Waals surface area contributed by atoms with Crippen molar-refractivity contribution < 1.29 is 0 Å². The lowest BCUT2D eigenvalue weighted by Crippen LogP contribution is -2.16. The smallest absolute Gasteiger partial charge is 0.0701 e. The van der Waals surface area contributed by atoms with Gasteiger partial charge >= 0.3 is 0 Å². The average Bonchev–Trinajstić information content (AvgIpc) is 2.65. The first-order valence-corrected chi connectivity index (χ1v) is 6.66. The van der Waals surface area contributed by atoms with Crippen molar-refractivity contribution in [3.63, 3.8) is 0 Å². The molecule has 0 saturated carbocycles. The van der Waals surface area contributed by atoms with E-state index < -0.39 is 0 Å². The van der Waals surface area contributed by atoms with Gasteiger partial charge in [0.25, 0.3) is 0 Å². The molecule has 0 aliphatic carbocycles. The van der Waals surface area contributed by atoms with Crippen LogP contribution in [0.5, 0.6) is 0 Å². The third kappa shape index (κ3) is 3.40. The Bertz CT molecular complexity index is 441. The number of halogens is 1. The predicted molar refractivity (Wildman–Crippen MR) is 71.4 cm³/mol. The summed E-state index contributed by atoms with van der Waals surface area (Å²) >= 11 is 5.27. The largest absolute Gasteiger partial charge is 0.297 e. The van der Waals surface area contributed by atoms with Crippen molar-refractivity contribution in [2.24, 2.45) is 0 Å². The quantitative estimate of drug-likeness (QED) is 0.858. The van der Waals surface area contributed by atoms with Gasteiger partial charge in [-0.05, 0) is 52.8 Å². The monoisotopic (exact) mass is 296 g/mol. The van der Waals surface area contributed by atoms with Crippen LogP contribution in [0.15, 0.2) is 40.4 Å². The van der Waals surface area contributed by atoms with Gasteiger partial charge in [0.05, 0.1) is 3.79 Å². The average molecular weight is 297 g/mol. The second kappa shape index (κ2) is 5.57. The molecule has 0 saturated heterocycles. The summed E-state index contributed by atoms with van der Waals surface area (Å²) in [5.41, 5.74) is 1.30. The lowest BCUT2D eigenvalue weighted by atomic mass is 10.2. The topological polar surface area (TPSA) is 16.1 Å². The fourth-order valence-electron chi connectivity index (χ4n) is 1.56. The number of hydrogen-bond acceptors (Lipinski definition) is 3. The molecule has 0 aliphatic heterocycles. The minimum absolute atomic E-state index is 0.956. The third-order valence-corrected chi connectivity index (χ3v) is 3.86. The number of aromatic nitrogens is 1. The molecule has 0 atom stereocenters. The number of thiophene rings is 1. The third-order valence-electron chi connectivity index (χ3n) is 2.26. The van der Waals surface area contributed by atoms with E-state index in [0.717, 1.165) is 13.1 Å². The molecule has 0 amide bonds. The minimum Gasteiger partial charge on any atom is -0.297 e. The maximum atomic E-state index is 4.02. The van der Waals surface area contributed by atoms with Crippen LogP contribution in [0.2, 0.25) is 0 Å². The number of rotatable bonds is 4. The molecular formula is C12H13BrN2S. The van der Waals surface area contributed by atoms with E-state index in [1.165, 1.54) is 14.2 Å². The van der Waals surface area contributed by atoms with Crippen LogP contribution in [-0.2, 0) is 13.1 Å². The Morgan fingerprint density at radius 1 is 1.19 bits per heavy atom. The number of pyridine rings is 1. The second-order valence-electron chi connectivity index (χ2n) is 3.73. The highest BCUT2D eigenvalue weighted by Gasteiger charge is 2.03. The van der Waals surface area contributed by atoms with Crippen molar-refractivity contribution in [3.05, 3.63) is 50.9 Å². The molecule has 0 aliphatic rings. The van der Waals surface area contributed by atoms with E-state index in [1.54, 1.807) is 11.3 Å². The Morgan fingerprint density at radius 3 is 2.56 bits per heavy atom. The van der Waals surface area contributed by atoms with Gasteiger partial charge in [0.15, 0.2) is 0 Å². The maximum absolute atomic E-state index is 4.02. The van der Waals surface area contributed by atoms with E-state index in [9.17, 15) is 0 Å². The molecule has 2 aromatic rings. The molecule has 0 bridgehead atoms. The molecule has 0 radical (unpaired) electrons. The van der Waals surface area contributed by atoms with Crippen LogP contribution in [0.1, 0.15) is 10.4 Å². The molecule has 2 heterocycles. The van der Waals surface area contributed by atoms with Crippen molar-refractivity contribution in [3.8, 4) is 0 Å². The SMILES string of the molecule is CN(Cc1ccncc1)Cc1ccc(Br)s1. The highest BCUT2D eigenvalue weighted by molar-refractivity contribution is 9.11. The maximum Gasteiger partial charge on any atom is 0.0701 e. The number of hydrogen-bond donors (Lipinski definition) is 0. The molecule has 0 fully saturated rings. The van der Waals surface area contributed by atoms with Crippen molar-refractivity contribution in [1.29, 1.82) is 0 Å². The Labute approximate surface area is 108 Å². The van der Waals surface area contributed by atoms with Gasteiger partial charge in [-0.15, -0.1) is 11.3 Å². The fourth-order valence-corrected chi connectivity index (χ4v) is 3.12. The van der Waals surface area contributed by atoms with Crippen LogP contribution >= 0.6 is 27.3 Å². The van der Waals surface area contributed by atoms with Crippen LogP contribution in [0, 0.1) is 0 Å². The Hall–Kier alpha value is -0.710. The van der Waals surface area contributed by atoms with Crippen LogP contribution in [0.4, 0.5) is 0 Å². The molecule has 16 heavy (non-hydrogen) atoms. The summed E-state index contributed by atoms with van der Waals surface area (Å²) < 4.78 is 1.19. The molecule has 0 spiro atoms. The van der Waals surface area contributed by atoms with Gasteiger partial charge in [-0.1, -0.05) is 0 Å². The lowest BCUT2D eigenvalue weighted by molar-refractivity contribution is 0.322. The zero-order valence-electron chi connectivity index (χ0n) is 9.06. The van der Waals surface area contributed by atoms with Crippen LogP contribution < -0.4 is 0 Å². The number of nitrogens with zero attached hydrogens (tertiary/aromatic N) is 2. The molecule has 0 unspecified atom stereocenters. The molecule has 2 aromatic heterocycles. The van der Waals surface area contributed by atoms with Gasteiger partial charge in [-0.25, -0.2) is 0 Å². The molecule has 4 heteroatoms. The van der Waals surface area contributed by atoms with Gasteiger partial charge in [0.1, 0.15) is 0 Å².